The fraction of sp³-hybridized carbons (Fsp3) is 0.478. The minimum Gasteiger partial charge on any atom is -0.491 e. The van der Waals surface area contributed by atoms with Gasteiger partial charge < -0.3 is 25.5 Å². The van der Waals surface area contributed by atoms with Gasteiger partial charge in [-0.1, -0.05) is 0 Å². The second-order valence-corrected chi connectivity index (χ2v) is 8.56. The van der Waals surface area contributed by atoms with Crippen LogP contribution in [0.25, 0.3) is 22.2 Å². The monoisotopic (exact) mass is 425 g/mol. The molecule has 2 aliphatic rings. The molecule has 1 aromatic carbocycles. The first-order valence-corrected chi connectivity index (χ1v) is 11.0. The molecule has 2 aromatic heterocycles. The Morgan fingerprint density at radius 1 is 1.13 bits per heavy atom. The van der Waals surface area contributed by atoms with Crippen LogP contribution in [0.15, 0.2) is 30.7 Å². The van der Waals surface area contributed by atoms with Crippen LogP contribution in [-0.4, -0.2) is 39.9 Å². The van der Waals surface area contributed by atoms with Crippen LogP contribution in [0.4, 0.5) is 10.2 Å². The van der Waals surface area contributed by atoms with Crippen molar-refractivity contribution >= 4 is 16.9 Å². The van der Waals surface area contributed by atoms with Gasteiger partial charge in [0.2, 0.25) is 0 Å². The highest BCUT2D eigenvalue weighted by atomic mass is 19.1. The maximum Gasteiger partial charge on any atom is 0.146 e. The first-order chi connectivity index (χ1) is 15.1. The van der Waals surface area contributed by atoms with Gasteiger partial charge in [0.1, 0.15) is 36.0 Å². The second kappa shape index (κ2) is 8.43. The number of hydrogen-bond acceptors (Lipinski definition) is 6. The number of aromatic nitrogens is 3. The normalized spacial score (nSPS) is 24.0. The van der Waals surface area contributed by atoms with Crippen molar-refractivity contribution in [2.75, 3.05) is 18.9 Å². The van der Waals surface area contributed by atoms with E-state index in [2.05, 4.69) is 14.5 Å². The molecule has 164 valence electrons. The Balaban J connectivity index is 1.52. The maximum absolute atomic E-state index is 15.0. The SMILES string of the molecule is Nc1ncnc2c1c(-c1cc(OCC3CCCO3)ccc1F)cn2C1CCC(N)CC1. The van der Waals surface area contributed by atoms with E-state index >= 15 is 0 Å². The molecule has 3 heterocycles. The van der Waals surface area contributed by atoms with E-state index in [0.717, 1.165) is 50.8 Å². The minimum atomic E-state index is -0.336. The second-order valence-electron chi connectivity index (χ2n) is 8.56. The Hall–Kier alpha value is -2.71. The van der Waals surface area contributed by atoms with Crippen LogP contribution in [0.3, 0.4) is 0 Å². The number of hydrogen-bond donors (Lipinski definition) is 2. The highest BCUT2D eigenvalue weighted by Crippen LogP contribution is 2.39. The lowest BCUT2D eigenvalue weighted by Gasteiger charge is -2.27. The smallest absolute Gasteiger partial charge is 0.146 e. The number of nitrogen functional groups attached to an aromatic ring is 1. The predicted molar refractivity (Wildman–Crippen MR) is 117 cm³/mol. The number of ether oxygens (including phenoxy) is 2. The third kappa shape index (κ3) is 3.97. The fourth-order valence-electron chi connectivity index (χ4n) is 4.74. The lowest BCUT2D eigenvalue weighted by Crippen LogP contribution is -2.27. The summed E-state index contributed by atoms with van der Waals surface area (Å²) in [7, 11) is 0. The standard InChI is InChI=1S/C23H28FN5O2/c24-20-8-7-16(31-12-17-2-1-9-30-17)10-18(20)19-11-29(15-5-3-14(25)4-6-15)23-21(19)22(26)27-13-28-23/h7-8,10-11,13-15,17H,1-6,9,12,25H2,(H2,26,27,28). The van der Waals surface area contributed by atoms with Gasteiger partial charge >= 0.3 is 0 Å². The Labute approximate surface area is 180 Å². The molecule has 7 nitrogen and oxygen atoms in total. The fourth-order valence-corrected chi connectivity index (χ4v) is 4.74. The molecule has 2 fully saturated rings. The van der Waals surface area contributed by atoms with Crippen LogP contribution in [0.1, 0.15) is 44.6 Å². The summed E-state index contributed by atoms with van der Waals surface area (Å²) >= 11 is 0. The average molecular weight is 426 g/mol. The molecule has 1 saturated heterocycles. The Morgan fingerprint density at radius 2 is 1.97 bits per heavy atom. The Kier molecular flexibility index (Phi) is 5.50. The number of rotatable bonds is 5. The molecule has 1 unspecified atom stereocenters. The molecule has 31 heavy (non-hydrogen) atoms. The Morgan fingerprint density at radius 3 is 2.74 bits per heavy atom. The molecule has 0 bridgehead atoms. The van der Waals surface area contributed by atoms with Gasteiger partial charge in [0.15, 0.2) is 0 Å². The quantitative estimate of drug-likeness (QED) is 0.644. The summed E-state index contributed by atoms with van der Waals surface area (Å²) in [6, 6.07) is 5.31. The zero-order valence-corrected chi connectivity index (χ0v) is 17.5. The van der Waals surface area contributed by atoms with E-state index in [1.54, 1.807) is 12.1 Å². The van der Waals surface area contributed by atoms with E-state index < -0.39 is 0 Å². The molecule has 0 amide bonds. The van der Waals surface area contributed by atoms with Crippen molar-refractivity contribution in [1.82, 2.24) is 14.5 Å². The van der Waals surface area contributed by atoms with Crippen molar-refractivity contribution in [2.24, 2.45) is 5.73 Å². The molecule has 0 spiro atoms. The van der Waals surface area contributed by atoms with Gasteiger partial charge in [-0.25, -0.2) is 14.4 Å². The molecule has 5 rings (SSSR count). The molecular formula is C23H28FN5O2. The molecule has 0 radical (unpaired) electrons. The van der Waals surface area contributed by atoms with Crippen molar-refractivity contribution in [3.63, 3.8) is 0 Å². The van der Waals surface area contributed by atoms with E-state index in [9.17, 15) is 4.39 Å². The van der Waals surface area contributed by atoms with Crippen LogP contribution in [0.2, 0.25) is 0 Å². The number of halogens is 1. The van der Waals surface area contributed by atoms with Crippen molar-refractivity contribution in [1.29, 1.82) is 0 Å². The average Bonchev–Trinajstić information content (AvgIpc) is 3.43. The van der Waals surface area contributed by atoms with Gasteiger partial charge in [-0.05, 0) is 56.7 Å². The Bertz CT molecular complexity index is 1070. The lowest BCUT2D eigenvalue weighted by atomic mass is 9.92. The summed E-state index contributed by atoms with van der Waals surface area (Å²) in [5.41, 5.74) is 14.2. The first kappa shape index (κ1) is 20.2. The molecular weight excluding hydrogens is 397 g/mol. The van der Waals surface area contributed by atoms with Crippen LogP contribution in [0, 0.1) is 5.82 Å². The van der Waals surface area contributed by atoms with Crippen LogP contribution in [0.5, 0.6) is 5.75 Å². The van der Waals surface area contributed by atoms with Crippen LogP contribution in [-0.2, 0) is 4.74 Å². The summed E-state index contributed by atoms with van der Waals surface area (Å²) in [4.78, 5) is 8.66. The molecule has 3 aromatic rings. The molecule has 8 heteroatoms. The van der Waals surface area contributed by atoms with Crippen molar-refractivity contribution < 1.29 is 13.9 Å². The zero-order valence-electron chi connectivity index (χ0n) is 17.5. The lowest BCUT2D eigenvalue weighted by molar-refractivity contribution is 0.0679. The summed E-state index contributed by atoms with van der Waals surface area (Å²) < 4.78 is 28.6. The minimum absolute atomic E-state index is 0.0946. The third-order valence-corrected chi connectivity index (χ3v) is 6.46. The van der Waals surface area contributed by atoms with Crippen LogP contribution >= 0.6 is 0 Å². The zero-order chi connectivity index (χ0) is 21.4. The van der Waals surface area contributed by atoms with Crippen LogP contribution < -0.4 is 16.2 Å². The largest absolute Gasteiger partial charge is 0.491 e. The molecule has 1 saturated carbocycles. The summed E-state index contributed by atoms with van der Waals surface area (Å²) in [6.07, 6.45) is 9.39. The van der Waals surface area contributed by atoms with E-state index in [1.165, 1.54) is 12.4 Å². The predicted octanol–water partition coefficient (Wildman–Crippen LogP) is 3.82. The topological polar surface area (TPSA) is 101 Å². The maximum atomic E-state index is 15.0. The molecule has 1 aliphatic heterocycles. The van der Waals surface area contributed by atoms with Gasteiger partial charge in [0, 0.05) is 36.0 Å². The summed E-state index contributed by atoms with van der Waals surface area (Å²) in [6.45, 7) is 1.23. The number of anilines is 1. The van der Waals surface area contributed by atoms with Gasteiger partial charge in [-0.2, -0.15) is 0 Å². The van der Waals surface area contributed by atoms with E-state index in [-0.39, 0.29) is 24.0 Å². The van der Waals surface area contributed by atoms with E-state index in [4.69, 9.17) is 20.9 Å². The molecule has 1 aliphatic carbocycles. The van der Waals surface area contributed by atoms with Gasteiger partial charge in [0.25, 0.3) is 0 Å². The number of nitrogens with two attached hydrogens (primary N) is 2. The van der Waals surface area contributed by atoms with Crippen molar-refractivity contribution in [2.45, 2.75) is 56.7 Å². The van der Waals surface area contributed by atoms with Crippen molar-refractivity contribution in [3.8, 4) is 16.9 Å². The number of benzene rings is 1. The highest BCUT2D eigenvalue weighted by Gasteiger charge is 2.25. The molecule has 1 atom stereocenters. The number of fused-ring (bicyclic) bond motifs is 1. The summed E-state index contributed by atoms with van der Waals surface area (Å²) in [5.74, 6) is 0.612. The van der Waals surface area contributed by atoms with E-state index in [1.807, 2.05) is 6.20 Å². The van der Waals surface area contributed by atoms with Crippen molar-refractivity contribution in [3.05, 3.63) is 36.5 Å². The van der Waals surface area contributed by atoms with E-state index in [0.29, 0.717) is 34.7 Å². The number of nitrogens with zero attached hydrogens (tertiary/aromatic N) is 3. The van der Waals surface area contributed by atoms with Gasteiger partial charge in [-0.3, -0.25) is 0 Å². The molecule has 4 N–H and O–H groups in total. The van der Waals surface area contributed by atoms with Gasteiger partial charge in [-0.15, -0.1) is 0 Å². The summed E-state index contributed by atoms with van der Waals surface area (Å²) in [5, 5.41) is 0.674. The third-order valence-electron chi connectivity index (χ3n) is 6.46. The van der Waals surface area contributed by atoms with Gasteiger partial charge in [0.05, 0.1) is 11.5 Å². The highest BCUT2D eigenvalue weighted by molar-refractivity contribution is 6.01. The first-order valence-electron chi connectivity index (χ1n) is 11.0.